The zero-order valence-electron chi connectivity index (χ0n) is 15.3. The topological polar surface area (TPSA) is 74.3 Å². The van der Waals surface area contributed by atoms with Crippen molar-refractivity contribution in [3.8, 4) is 11.4 Å². The van der Waals surface area contributed by atoms with Crippen molar-refractivity contribution < 1.29 is 9.84 Å². The minimum atomic E-state index is -0.503. The van der Waals surface area contributed by atoms with Crippen LogP contribution in [0.25, 0.3) is 11.4 Å². The average molecular weight is 344 g/mol. The minimum absolute atomic E-state index is 0.175. The van der Waals surface area contributed by atoms with E-state index in [1.807, 2.05) is 51.1 Å². The van der Waals surface area contributed by atoms with E-state index in [4.69, 9.17) is 4.74 Å². The van der Waals surface area contributed by atoms with Crippen LogP contribution >= 0.6 is 0 Å². The first-order chi connectivity index (χ1) is 11.9. The highest BCUT2D eigenvalue weighted by Crippen LogP contribution is 2.30. The number of hydrogen-bond acceptors (Lipinski definition) is 5. The Morgan fingerprint density at radius 3 is 2.80 bits per heavy atom. The van der Waals surface area contributed by atoms with Crippen LogP contribution in [0.4, 0.5) is 0 Å². The molecular formula is C19H28N4O2. The number of rotatable bonds is 6. The molecule has 1 fully saturated rings. The van der Waals surface area contributed by atoms with Gasteiger partial charge >= 0.3 is 0 Å². The predicted molar refractivity (Wildman–Crippen MR) is 97.1 cm³/mol. The normalized spacial score (nSPS) is 20.1. The number of aromatic nitrogens is 3. The lowest BCUT2D eigenvalue weighted by atomic mass is 10.2. The van der Waals surface area contributed by atoms with Gasteiger partial charge in [0.2, 0.25) is 0 Å². The van der Waals surface area contributed by atoms with Crippen LogP contribution in [0.2, 0.25) is 0 Å². The molecule has 0 bridgehead atoms. The van der Waals surface area contributed by atoms with Crippen LogP contribution < -0.4 is 0 Å². The smallest absolute Gasteiger partial charge is 0.181 e. The van der Waals surface area contributed by atoms with Crippen LogP contribution in [-0.2, 0) is 4.74 Å². The molecule has 0 radical (unpaired) electrons. The monoisotopic (exact) mass is 344 g/mol. The second-order valence-corrected chi connectivity index (χ2v) is 7.64. The van der Waals surface area contributed by atoms with Crippen molar-refractivity contribution in [2.75, 3.05) is 19.7 Å². The summed E-state index contributed by atoms with van der Waals surface area (Å²) in [5, 5.41) is 17.8. The van der Waals surface area contributed by atoms with Gasteiger partial charge in [-0.15, -0.1) is 0 Å². The molecule has 1 saturated heterocycles. The number of hydrogen-bond donors (Lipinski definition) is 2. The van der Waals surface area contributed by atoms with Gasteiger partial charge < -0.3 is 9.84 Å². The zero-order chi connectivity index (χ0) is 17.9. The van der Waals surface area contributed by atoms with Crippen LogP contribution in [-0.4, -0.2) is 56.6 Å². The third-order valence-electron chi connectivity index (χ3n) is 4.37. The van der Waals surface area contributed by atoms with E-state index in [1.165, 1.54) is 0 Å². The summed E-state index contributed by atoms with van der Waals surface area (Å²) in [4.78, 5) is 6.95. The molecule has 1 aromatic heterocycles. The molecule has 25 heavy (non-hydrogen) atoms. The lowest BCUT2D eigenvalue weighted by Gasteiger charge is -2.27. The highest BCUT2D eigenvalue weighted by molar-refractivity contribution is 5.53. The minimum Gasteiger partial charge on any atom is -0.389 e. The van der Waals surface area contributed by atoms with Crippen molar-refractivity contribution in [3.63, 3.8) is 0 Å². The number of benzene rings is 1. The molecule has 6 nitrogen and oxygen atoms in total. The lowest BCUT2D eigenvalue weighted by molar-refractivity contribution is -0.0571. The molecule has 2 atom stereocenters. The molecule has 2 aromatic rings. The number of β-amino-alcohol motifs (C(OH)–C–C–N with tert-alkyl or cyclic N) is 1. The first kappa shape index (κ1) is 18.0. The summed E-state index contributed by atoms with van der Waals surface area (Å²) in [6.07, 6.45) is 1.62. The quantitative estimate of drug-likeness (QED) is 0.843. The Morgan fingerprint density at radius 1 is 1.32 bits per heavy atom. The largest absolute Gasteiger partial charge is 0.389 e. The molecule has 2 unspecified atom stereocenters. The molecule has 2 N–H and O–H groups in total. The molecule has 0 spiro atoms. The summed E-state index contributed by atoms with van der Waals surface area (Å²) >= 11 is 0. The van der Waals surface area contributed by atoms with E-state index in [9.17, 15) is 5.11 Å². The van der Waals surface area contributed by atoms with Gasteiger partial charge in [-0.3, -0.25) is 10.00 Å². The van der Waals surface area contributed by atoms with E-state index >= 15 is 0 Å². The second-order valence-electron chi connectivity index (χ2n) is 7.64. The summed E-state index contributed by atoms with van der Waals surface area (Å²) < 4.78 is 5.69. The van der Waals surface area contributed by atoms with E-state index in [2.05, 4.69) is 20.1 Å². The highest BCUT2D eigenvalue weighted by atomic mass is 16.5. The van der Waals surface area contributed by atoms with Gasteiger partial charge in [0.15, 0.2) is 5.82 Å². The number of nitrogens with zero attached hydrogens (tertiary/aromatic N) is 3. The van der Waals surface area contributed by atoms with Gasteiger partial charge in [-0.1, -0.05) is 30.3 Å². The molecule has 1 aliphatic rings. The molecule has 136 valence electrons. The fraction of sp³-hybridized carbons (Fsp3) is 0.579. The standard InChI is InChI=1S/C19H28N4O2/c1-19(2,3)25-13-15(24)12-23-11-7-10-16(23)18-20-17(21-22-18)14-8-5-4-6-9-14/h4-6,8-9,15-16,24H,7,10-13H2,1-3H3,(H,20,21,22). The van der Waals surface area contributed by atoms with Gasteiger partial charge in [0.05, 0.1) is 24.4 Å². The van der Waals surface area contributed by atoms with Crippen LogP contribution in [0.5, 0.6) is 0 Å². The van der Waals surface area contributed by atoms with E-state index in [0.29, 0.717) is 13.2 Å². The number of aromatic amines is 1. The van der Waals surface area contributed by atoms with Gasteiger partial charge in [-0.25, -0.2) is 4.98 Å². The second kappa shape index (κ2) is 7.64. The van der Waals surface area contributed by atoms with Crippen LogP contribution in [0.1, 0.15) is 45.5 Å². The van der Waals surface area contributed by atoms with Crippen molar-refractivity contribution in [1.29, 1.82) is 0 Å². The van der Waals surface area contributed by atoms with Crippen molar-refractivity contribution in [1.82, 2.24) is 20.1 Å². The number of aliphatic hydroxyl groups is 1. The number of ether oxygens (including phenoxy) is 1. The van der Waals surface area contributed by atoms with Crippen LogP contribution in [0, 0.1) is 0 Å². The molecule has 6 heteroatoms. The molecule has 0 amide bonds. The summed E-state index contributed by atoms with van der Waals surface area (Å²) in [7, 11) is 0. The number of likely N-dealkylation sites (tertiary alicyclic amines) is 1. The number of H-pyrrole nitrogens is 1. The van der Waals surface area contributed by atoms with Gasteiger partial charge in [0, 0.05) is 12.1 Å². The Hall–Kier alpha value is -1.76. The van der Waals surface area contributed by atoms with E-state index in [0.717, 1.165) is 36.6 Å². The SMILES string of the molecule is CC(C)(C)OCC(O)CN1CCCC1c1nc(-c2ccccc2)n[nH]1. The average Bonchev–Trinajstić information content (AvgIpc) is 3.22. The summed E-state index contributed by atoms with van der Waals surface area (Å²) in [5.74, 6) is 1.60. The summed E-state index contributed by atoms with van der Waals surface area (Å²) in [6.45, 7) is 7.88. The molecule has 0 saturated carbocycles. The fourth-order valence-corrected chi connectivity index (χ4v) is 3.16. The van der Waals surface area contributed by atoms with Gasteiger partial charge in [0.25, 0.3) is 0 Å². The Morgan fingerprint density at radius 2 is 2.08 bits per heavy atom. The Kier molecular flexibility index (Phi) is 5.51. The third kappa shape index (κ3) is 4.87. The molecule has 0 aliphatic carbocycles. The maximum absolute atomic E-state index is 10.3. The van der Waals surface area contributed by atoms with E-state index in [-0.39, 0.29) is 11.6 Å². The molecule has 1 aromatic carbocycles. The first-order valence-electron chi connectivity index (χ1n) is 8.96. The number of nitrogens with one attached hydrogen (secondary N) is 1. The first-order valence-corrected chi connectivity index (χ1v) is 8.96. The van der Waals surface area contributed by atoms with Crippen LogP contribution in [0.3, 0.4) is 0 Å². The van der Waals surface area contributed by atoms with E-state index in [1.54, 1.807) is 0 Å². The Bertz CT molecular complexity index is 666. The maximum Gasteiger partial charge on any atom is 0.181 e. The summed E-state index contributed by atoms with van der Waals surface area (Å²) in [5.41, 5.74) is 0.772. The van der Waals surface area contributed by atoms with Gasteiger partial charge in [0.1, 0.15) is 5.82 Å². The van der Waals surface area contributed by atoms with Gasteiger partial charge in [-0.2, -0.15) is 5.10 Å². The Balaban J connectivity index is 1.63. The predicted octanol–water partition coefficient (Wildman–Crippen LogP) is 2.78. The number of aliphatic hydroxyl groups excluding tert-OH is 1. The van der Waals surface area contributed by atoms with Crippen molar-refractivity contribution in [2.45, 2.75) is 51.4 Å². The van der Waals surface area contributed by atoms with Crippen LogP contribution in [0.15, 0.2) is 30.3 Å². The fourth-order valence-electron chi connectivity index (χ4n) is 3.16. The zero-order valence-corrected chi connectivity index (χ0v) is 15.3. The highest BCUT2D eigenvalue weighted by Gasteiger charge is 2.30. The van der Waals surface area contributed by atoms with E-state index < -0.39 is 6.10 Å². The maximum atomic E-state index is 10.3. The summed E-state index contributed by atoms with van der Waals surface area (Å²) in [6, 6.07) is 10.1. The molecule has 2 heterocycles. The van der Waals surface area contributed by atoms with Gasteiger partial charge in [-0.05, 0) is 40.2 Å². The molecule has 3 rings (SSSR count). The van der Waals surface area contributed by atoms with Crippen molar-refractivity contribution in [2.24, 2.45) is 0 Å². The van der Waals surface area contributed by atoms with Crippen molar-refractivity contribution in [3.05, 3.63) is 36.2 Å². The van der Waals surface area contributed by atoms with Crippen molar-refractivity contribution >= 4 is 0 Å². The Labute approximate surface area is 149 Å². The molecular weight excluding hydrogens is 316 g/mol. The lowest BCUT2D eigenvalue weighted by Crippen LogP contribution is -2.36. The third-order valence-corrected chi connectivity index (χ3v) is 4.37. The molecule has 1 aliphatic heterocycles.